The van der Waals surface area contributed by atoms with E-state index in [1.54, 1.807) is 18.2 Å². The summed E-state index contributed by atoms with van der Waals surface area (Å²) in [5.41, 5.74) is 0.706. The molecule has 0 atom stereocenters. The quantitative estimate of drug-likeness (QED) is 0.449. The third kappa shape index (κ3) is 4.67. The van der Waals surface area contributed by atoms with Gasteiger partial charge in [-0.2, -0.15) is 0 Å². The average molecular weight is 398 g/mol. The number of amides is 1. The molecule has 0 bridgehead atoms. The fourth-order valence-corrected chi connectivity index (χ4v) is 2.48. The summed E-state index contributed by atoms with van der Waals surface area (Å²) in [6.45, 7) is 4.70. The number of hydrogen-bond acceptors (Lipinski definition) is 8. The standard InChI is InChI=1S/C19H18N4O6/c1-3-27-15-10-7-13(11-16(15)28-4-2)18-21-22-19(29-18)20-17(24)12-5-8-14(9-6-12)23(25)26/h5-11H,3-4H2,1-2H3,(H,20,22,24). The molecule has 0 spiro atoms. The van der Waals surface area contributed by atoms with Gasteiger partial charge < -0.3 is 13.9 Å². The number of ether oxygens (including phenoxy) is 2. The SMILES string of the molecule is CCOc1ccc(-c2nnc(NC(=O)c3ccc([N+](=O)[O-])cc3)o2)cc1OCC. The molecule has 0 unspecified atom stereocenters. The number of non-ortho nitro benzene ring substituents is 1. The maximum atomic E-state index is 12.3. The lowest BCUT2D eigenvalue weighted by Crippen LogP contribution is -2.12. The summed E-state index contributed by atoms with van der Waals surface area (Å²) in [6, 6.07) is 10.2. The molecule has 1 N–H and O–H groups in total. The molecule has 10 nitrogen and oxygen atoms in total. The molecule has 10 heteroatoms. The Bertz CT molecular complexity index is 1020. The van der Waals surface area contributed by atoms with E-state index in [-0.39, 0.29) is 23.2 Å². The van der Waals surface area contributed by atoms with Crippen molar-refractivity contribution in [1.82, 2.24) is 10.2 Å². The molecule has 1 heterocycles. The summed E-state index contributed by atoms with van der Waals surface area (Å²) in [7, 11) is 0. The van der Waals surface area contributed by atoms with Gasteiger partial charge in [-0.3, -0.25) is 20.2 Å². The van der Waals surface area contributed by atoms with Gasteiger partial charge in [0.25, 0.3) is 11.6 Å². The number of rotatable bonds is 8. The number of hydrogen-bond donors (Lipinski definition) is 1. The first-order valence-corrected chi connectivity index (χ1v) is 8.81. The van der Waals surface area contributed by atoms with Crippen LogP contribution in [0.2, 0.25) is 0 Å². The van der Waals surface area contributed by atoms with Crippen LogP contribution in [-0.2, 0) is 0 Å². The minimum absolute atomic E-state index is 0.102. The monoisotopic (exact) mass is 398 g/mol. The minimum Gasteiger partial charge on any atom is -0.490 e. The van der Waals surface area contributed by atoms with Crippen LogP contribution in [0.4, 0.5) is 11.7 Å². The number of benzene rings is 2. The Labute approximate surface area is 165 Å². The lowest BCUT2D eigenvalue weighted by Gasteiger charge is -2.11. The minimum atomic E-state index is -0.542. The Hall–Kier alpha value is -3.95. The van der Waals surface area contributed by atoms with Gasteiger partial charge in [0.15, 0.2) is 11.5 Å². The van der Waals surface area contributed by atoms with Crippen molar-refractivity contribution in [3.63, 3.8) is 0 Å². The van der Waals surface area contributed by atoms with Gasteiger partial charge in [-0.15, -0.1) is 5.10 Å². The molecule has 1 amide bonds. The van der Waals surface area contributed by atoms with E-state index in [4.69, 9.17) is 13.9 Å². The van der Waals surface area contributed by atoms with Gasteiger partial charge in [-0.25, -0.2) is 0 Å². The summed E-state index contributed by atoms with van der Waals surface area (Å²) in [6.07, 6.45) is 0. The Kier molecular flexibility index (Phi) is 6.03. The van der Waals surface area contributed by atoms with Gasteiger partial charge in [0.05, 0.1) is 18.1 Å². The summed E-state index contributed by atoms with van der Waals surface area (Å²) < 4.78 is 16.6. The number of carbonyl (C=O) groups is 1. The van der Waals surface area contributed by atoms with Crippen LogP contribution in [0.25, 0.3) is 11.5 Å². The van der Waals surface area contributed by atoms with Crippen molar-refractivity contribution in [2.75, 3.05) is 18.5 Å². The van der Waals surface area contributed by atoms with E-state index >= 15 is 0 Å². The molecule has 0 fully saturated rings. The van der Waals surface area contributed by atoms with Crippen LogP contribution in [0.15, 0.2) is 46.9 Å². The molecule has 3 aromatic rings. The smallest absolute Gasteiger partial charge is 0.322 e. The van der Waals surface area contributed by atoms with Crippen molar-refractivity contribution < 1.29 is 23.6 Å². The summed E-state index contributed by atoms with van der Waals surface area (Å²) in [5.74, 6) is 0.802. The molecule has 0 saturated heterocycles. The Morgan fingerprint density at radius 3 is 2.41 bits per heavy atom. The third-order valence-electron chi connectivity index (χ3n) is 3.78. The van der Waals surface area contributed by atoms with E-state index in [9.17, 15) is 14.9 Å². The second kappa shape index (κ2) is 8.83. The molecule has 0 aliphatic heterocycles. The van der Waals surface area contributed by atoms with E-state index in [2.05, 4.69) is 15.5 Å². The van der Waals surface area contributed by atoms with Crippen LogP contribution in [0.1, 0.15) is 24.2 Å². The van der Waals surface area contributed by atoms with Gasteiger partial charge in [0.2, 0.25) is 5.89 Å². The largest absolute Gasteiger partial charge is 0.490 e. The normalized spacial score (nSPS) is 10.4. The lowest BCUT2D eigenvalue weighted by molar-refractivity contribution is -0.384. The van der Waals surface area contributed by atoms with Crippen LogP contribution in [0, 0.1) is 10.1 Å². The number of nitro benzene ring substituents is 1. The first-order valence-electron chi connectivity index (χ1n) is 8.81. The van der Waals surface area contributed by atoms with Crippen LogP contribution in [0.5, 0.6) is 11.5 Å². The highest BCUT2D eigenvalue weighted by molar-refractivity contribution is 6.03. The Morgan fingerprint density at radius 2 is 1.76 bits per heavy atom. The number of anilines is 1. The van der Waals surface area contributed by atoms with E-state index in [0.29, 0.717) is 30.3 Å². The van der Waals surface area contributed by atoms with Gasteiger partial charge in [-0.1, -0.05) is 5.10 Å². The van der Waals surface area contributed by atoms with Crippen molar-refractivity contribution in [2.45, 2.75) is 13.8 Å². The average Bonchev–Trinajstić information content (AvgIpc) is 3.18. The van der Waals surface area contributed by atoms with Gasteiger partial charge >= 0.3 is 6.01 Å². The second-order valence-corrected chi connectivity index (χ2v) is 5.70. The zero-order valence-electron chi connectivity index (χ0n) is 15.7. The van der Waals surface area contributed by atoms with Crippen LogP contribution < -0.4 is 14.8 Å². The van der Waals surface area contributed by atoms with Crippen LogP contribution >= 0.6 is 0 Å². The van der Waals surface area contributed by atoms with Crippen molar-refractivity contribution in [1.29, 1.82) is 0 Å². The Morgan fingerprint density at radius 1 is 1.07 bits per heavy atom. The molecule has 3 rings (SSSR count). The first kappa shape index (κ1) is 19.8. The Balaban J connectivity index is 1.75. The highest BCUT2D eigenvalue weighted by Gasteiger charge is 2.16. The predicted octanol–water partition coefficient (Wildman–Crippen LogP) is 3.69. The maximum Gasteiger partial charge on any atom is 0.322 e. The molecule has 0 radical (unpaired) electrons. The van der Waals surface area contributed by atoms with Crippen molar-refractivity contribution in [3.05, 3.63) is 58.1 Å². The molecular formula is C19H18N4O6. The van der Waals surface area contributed by atoms with Gasteiger partial charge in [0, 0.05) is 23.3 Å². The molecule has 1 aromatic heterocycles. The molecule has 0 aliphatic rings. The number of nitrogens with zero attached hydrogens (tertiary/aromatic N) is 3. The van der Waals surface area contributed by atoms with E-state index in [1.807, 2.05) is 13.8 Å². The van der Waals surface area contributed by atoms with Crippen molar-refractivity contribution >= 4 is 17.6 Å². The van der Waals surface area contributed by atoms with Crippen molar-refractivity contribution in [3.8, 4) is 23.0 Å². The third-order valence-corrected chi connectivity index (χ3v) is 3.78. The first-order chi connectivity index (χ1) is 14.0. The lowest BCUT2D eigenvalue weighted by atomic mass is 10.2. The predicted molar refractivity (Wildman–Crippen MR) is 103 cm³/mol. The number of carbonyl (C=O) groups excluding carboxylic acids is 1. The van der Waals surface area contributed by atoms with Gasteiger partial charge in [0.1, 0.15) is 0 Å². The topological polar surface area (TPSA) is 130 Å². The highest BCUT2D eigenvalue weighted by atomic mass is 16.6. The fourth-order valence-electron chi connectivity index (χ4n) is 2.48. The molecule has 2 aromatic carbocycles. The molecule has 0 saturated carbocycles. The summed E-state index contributed by atoms with van der Waals surface area (Å²) in [5, 5.41) is 20.9. The van der Waals surface area contributed by atoms with E-state index in [1.165, 1.54) is 24.3 Å². The summed E-state index contributed by atoms with van der Waals surface area (Å²) >= 11 is 0. The van der Waals surface area contributed by atoms with Crippen molar-refractivity contribution in [2.24, 2.45) is 0 Å². The second-order valence-electron chi connectivity index (χ2n) is 5.70. The molecular weight excluding hydrogens is 380 g/mol. The zero-order valence-corrected chi connectivity index (χ0v) is 15.7. The van der Waals surface area contributed by atoms with E-state index in [0.717, 1.165) is 0 Å². The number of aromatic nitrogens is 2. The molecule has 29 heavy (non-hydrogen) atoms. The van der Waals surface area contributed by atoms with Crippen LogP contribution in [-0.4, -0.2) is 34.2 Å². The fraction of sp³-hybridized carbons (Fsp3) is 0.211. The van der Waals surface area contributed by atoms with Gasteiger partial charge in [-0.05, 0) is 44.2 Å². The van der Waals surface area contributed by atoms with E-state index < -0.39 is 10.8 Å². The highest BCUT2D eigenvalue weighted by Crippen LogP contribution is 2.32. The van der Waals surface area contributed by atoms with Crippen LogP contribution in [0.3, 0.4) is 0 Å². The maximum absolute atomic E-state index is 12.3. The molecule has 150 valence electrons. The molecule has 0 aliphatic carbocycles. The number of nitro groups is 1. The number of nitrogens with one attached hydrogen (secondary N) is 1. The summed E-state index contributed by atoms with van der Waals surface area (Å²) in [4.78, 5) is 22.4. The zero-order chi connectivity index (χ0) is 20.8.